The van der Waals surface area contributed by atoms with Crippen LogP contribution in [0, 0.1) is 11.3 Å². The summed E-state index contributed by atoms with van der Waals surface area (Å²) < 4.78 is 5.40. The quantitative estimate of drug-likeness (QED) is 0.756. The fourth-order valence-electron chi connectivity index (χ4n) is 1.95. The van der Waals surface area contributed by atoms with Crippen molar-refractivity contribution in [3.63, 3.8) is 0 Å². The van der Waals surface area contributed by atoms with Gasteiger partial charge < -0.3 is 4.74 Å². The van der Waals surface area contributed by atoms with E-state index in [0.717, 1.165) is 26.1 Å². The van der Waals surface area contributed by atoms with E-state index in [2.05, 4.69) is 23.1 Å². The second kappa shape index (κ2) is 5.64. The number of ether oxygens (including phenoxy) is 1. The van der Waals surface area contributed by atoms with Crippen LogP contribution in [-0.2, 0) is 11.3 Å². The summed E-state index contributed by atoms with van der Waals surface area (Å²) in [7, 11) is 0. The Bertz CT molecular complexity index is 358. The topological polar surface area (TPSA) is 36.3 Å². The van der Waals surface area contributed by atoms with E-state index in [1.807, 2.05) is 18.2 Å². The zero-order valence-electron chi connectivity index (χ0n) is 9.30. The van der Waals surface area contributed by atoms with E-state index in [0.29, 0.717) is 6.61 Å². The Morgan fingerprint density at radius 3 is 2.94 bits per heavy atom. The van der Waals surface area contributed by atoms with Crippen LogP contribution in [0.3, 0.4) is 0 Å². The minimum absolute atomic E-state index is 0.109. The van der Waals surface area contributed by atoms with Crippen LogP contribution in [-0.4, -0.2) is 30.7 Å². The molecule has 0 amide bonds. The maximum atomic E-state index is 9.09. The molecule has 0 aliphatic carbocycles. The van der Waals surface area contributed by atoms with Crippen molar-refractivity contribution in [3.8, 4) is 6.07 Å². The molecule has 0 N–H and O–H groups in total. The van der Waals surface area contributed by atoms with Crippen molar-refractivity contribution in [1.29, 1.82) is 5.26 Å². The highest BCUT2D eigenvalue weighted by Gasteiger charge is 2.20. The third-order valence-corrected chi connectivity index (χ3v) is 2.83. The zero-order valence-corrected chi connectivity index (χ0v) is 9.30. The third-order valence-electron chi connectivity index (χ3n) is 2.83. The molecular weight excluding hydrogens is 200 g/mol. The summed E-state index contributed by atoms with van der Waals surface area (Å²) in [5, 5.41) is 9.09. The van der Waals surface area contributed by atoms with Crippen LogP contribution in [0.5, 0.6) is 0 Å². The Labute approximate surface area is 96.2 Å². The number of benzene rings is 1. The van der Waals surface area contributed by atoms with Gasteiger partial charge in [-0.2, -0.15) is 5.26 Å². The maximum absolute atomic E-state index is 9.09. The molecule has 3 heteroatoms. The molecule has 1 aliphatic rings. The molecule has 2 rings (SSSR count). The third kappa shape index (κ3) is 2.82. The summed E-state index contributed by atoms with van der Waals surface area (Å²) in [5.74, 6) is 0. The van der Waals surface area contributed by atoms with E-state index in [1.165, 1.54) is 5.56 Å². The lowest BCUT2D eigenvalue weighted by atomic mass is 10.2. The Kier molecular flexibility index (Phi) is 3.92. The first-order chi connectivity index (χ1) is 7.90. The predicted octanol–water partition coefficient (Wildman–Crippen LogP) is 1.80. The zero-order chi connectivity index (χ0) is 11.2. The van der Waals surface area contributed by atoms with Crippen LogP contribution >= 0.6 is 0 Å². The van der Waals surface area contributed by atoms with Crippen molar-refractivity contribution in [2.45, 2.75) is 19.0 Å². The standard InChI is InChI=1S/C13H16N2O/c14-9-13-11-16-8-4-7-15(13)10-12-5-2-1-3-6-12/h1-3,5-6,13H,4,7-8,10-11H2. The van der Waals surface area contributed by atoms with Gasteiger partial charge in [0.25, 0.3) is 0 Å². The normalized spacial score (nSPS) is 22.3. The van der Waals surface area contributed by atoms with Gasteiger partial charge in [-0.15, -0.1) is 0 Å². The van der Waals surface area contributed by atoms with E-state index >= 15 is 0 Å². The van der Waals surface area contributed by atoms with Crippen LogP contribution < -0.4 is 0 Å². The van der Waals surface area contributed by atoms with Crippen molar-refractivity contribution < 1.29 is 4.74 Å². The highest BCUT2D eigenvalue weighted by Crippen LogP contribution is 2.12. The van der Waals surface area contributed by atoms with E-state index in [-0.39, 0.29) is 6.04 Å². The average molecular weight is 216 g/mol. The van der Waals surface area contributed by atoms with Gasteiger partial charge in [0.1, 0.15) is 6.04 Å². The fourth-order valence-corrected chi connectivity index (χ4v) is 1.95. The fraction of sp³-hybridized carbons (Fsp3) is 0.462. The minimum atomic E-state index is -0.109. The Hall–Kier alpha value is -1.37. The van der Waals surface area contributed by atoms with Crippen LogP contribution in [0.15, 0.2) is 30.3 Å². The molecule has 0 radical (unpaired) electrons. The van der Waals surface area contributed by atoms with Gasteiger partial charge in [0.15, 0.2) is 0 Å². The number of hydrogen-bond acceptors (Lipinski definition) is 3. The Morgan fingerprint density at radius 1 is 1.38 bits per heavy atom. The molecule has 1 saturated heterocycles. The second-order valence-corrected chi connectivity index (χ2v) is 4.03. The maximum Gasteiger partial charge on any atom is 0.122 e. The number of nitriles is 1. The number of rotatable bonds is 2. The van der Waals surface area contributed by atoms with Crippen molar-refractivity contribution in [2.75, 3.05) is 19.8 Å². The van der Waals surface area contributed by atoms with Gasteiger partial charge >= 0.3 is 0 Å². The van der Waals surface area contributed by atoms with Gasteiger partial charge in [-0.25, -0.2) is 0 Å². The summed E-state index contributed by atoms with van der Waals surface area (Å²) in [6.45, 7) is 3.07. The van der Waals surface area contributed by atoms with Gasteiger partial charge in [-0.1, -0.05) is 30.3 Å². The molecule has 0 saturated carbocycles. The highest BCUT2D eigenvalue weighted by molar-refractivity contribution is 5.15. The second-order valence-electron chi connectivity index (χ2n) is 4.03. The molecule has 1 fully saturated rings. The first-order valence-electron chi connectivity index (χ1n) is 5.65. The predicted molar refractivity (Wildman–Crippen MR) is 61.7 cm³/mol. The first-order valence-corrected chi connectivity index (χ1v) is 5.65. The van der Waals surface area contributed by atoms with Crippen LogP contribution in [0.2, 0.25) is 0 Å². The Morgan fingerprint density at radius 2 is 2.19 bits per heavy atom. The van der Waals surface area contributed by atoms with Crippen LogP contribution in [0.1, 0.15) is 12.0 Å². The van der Waals surface area contributed by atoms with Crippen LogP contribution in [0.4, 0.5) is 0 Å². The lowest BCUT2D eigenvalue weighted by Crippen LogP contribution is -2.35. The lowest BCUT2D eigenvalue weighted by molar-refractivity contribution is 0.119. The molecule has 1 heterocycles. The number of hydrogen-bond donors (Lipinski definition) is 0. The molecular formula is C13H16N2O. The van der Waals surface area contributed by atoms with E-state index in [4.69, 9.17) is 10.00 Å². The van der Waals surface area contributed by atoms with Gasteiger partial charge in [-0.3, -0.25) is 4.90 Å². The monoisotopic (exact) mass is 216 g/mol. The molecule has 1 atom stereocenters. The van der Waals surface area contributed by atoms with Crippen molar-refractivity contribution in [3.05, 3.63) is 35.9 Å². The average Bonchev–Trinajstić information content (AvgIpc) is 2.55. The van der Waals surface area contributed by atoms with Crippen molar-refractivity contribution in [1.82, 2.24) is 4.90 Å². The molecule has 1 aliphatic heterocycles. The van der Waals surface area contributed by atoms with Gasteiger partial charge in [0.2, 0.25) is 0 Å². The van der Waals surface area contributed by atoms with Crippen molar-refractivity contribution >= 4 is 0 Å². The summed E-state index contributed by atoms with van der Waals surface area (Å²) in [6, 6.07) is 12.5. The highest BCUT2D eigenvalue weighted by atomic mass is 16.5. The van der Waals surface area contributed by atoms with E-state index < -0.39 is 0 Å². The molecule has 84 valence electrons. The summed E-state index contributed by atoms with van der Waals surface area (Å²) in [5.41, 5.74) is 1.25. The molecule has 1 aromatic carbocycles. The molecule has 16 heavy (non-hydrogen) atoms. The van der Waals surface area contributed by atoms with E-state index in [9.17, 15) is 0 Å². The first kappa shape index (κ1) is 11.1. The SMILES string of the molecule is N#CC1COCCCN1Cc1ccccc1. The largest absolute Gasteiger partial charge is 0.379 e. The van der Waals surface area contributed by atoms with E-state index in [1.54, 1.807) is 0 Å². The van der Waals surface area contributed by atoms with Gasteiger partial charge in [0.05, 0.1) is 12.7 Å². The molecule has 0 aromatic heterocycles. The molecule has 1 aromatic rings. The summed E-state index contributed by atoms with van der Waals surface area (Å²) in [4.78, 5) is 2.20. The van der Waals surface area contributed by atoms with Crippen molar-refractivity contribution in [2.24, 2.45) is 0 Å². The molecule has 3 nitrogen and oxygen atoms in total. The molecule has 0 spiro atoms. The minimum Gasteiger partial charge on any atom is -0.379 e. The number of nitrogens with zero attached hydrogens (tertiary/aromatic N) is 2. The smallest absolute Gasteiger partial charge is 0.122 e. The summed E-state index contributed by atoms with van der Waals surface area (Å²) in [6.07, 6.45) is 1.00. The lowest BCUT2D eigenvalue weighted by Gasteiger charge is -2.23. The molecule has 1 unspecified atom stereocenters. The van der Waals surface area contributed by atoms with Gasteiger partial charge in [-0.05, 0) is 12.0 Å². The Balaban J connectivity index is 2.04. The summed E-state index contributed by atoms with van der Waals surface area (Å²) >= 11 is 0. The van der Waals surface area contributed by atoms with Gasteiger partial charge in [0, 0.05) is 19.7 Å². The molecule has 0 bridgehead atoms. The van der Waals surface area contributed by atoms with Crippen LogP contribution in [0.25, 0.3) is 0 Å².